The summed E-state index contributed by atoms with van der Waals surface area (Å²) in [4.78, 5) is 12.1. The minimum absolute atomic E-state index is 0.752. The first-order chi connectivity index (χ1) is 35.4. The molecule has 0 N–H and O–H groups in total. The van der Waals surface area contributed by atoms with Gasteiger partial charge in [-0.1, -0.05) is 134 Å². The summed E-state index contributed by atoms with van der Waals surface area (Å²) >= 11 is 14.0. The highest BCUT2D eigenvalue weighted by atomic mass is 32.1. The van der Waals surface area contributed by atoms with Crippen LogP contribution in [0.25, 0.3) is 0 Å². The van der Waals surface area contributed by atoms with Crippen LogP contribution < -0.4 is 0 Å². The van der Waals surface area contributed by atoms with E-state index in [1.54, 1.807) is 0 Å². The summed E-state index contributed by atoms with van der Waals surface area (Å²) in [6.45, 7) is 7.02. The largest absolute Gasteiger partial charge is 0.195 e. The lowest BCUT2D eigenvalue weighted by atomic mass is 9.68. The molecule has 0 unspecified atom stereocenters. The minimum atomic E-state index is 0.752. The van der Waals surface area contributed by atoms with Crippen LogP contribution in [0.2, 0.25) is 0 Å². The van der Waals surface area contributed by atoms with Crippen LogP contribution in [0.15, 0.2) is 87.8 Å². The molecule has 9 rings (SSSR count). The topological polar surface area (TPSA) is 37.1 Å². The third kappa shape index (κ3) is 17.6. The molecule has 0 atom stereocenters. The molecule has 6 aliphatic rings. The fourth-order valence-electron chi connectivity index (χ4n) is 15.3. The first-order valence-electron chi connectivity index (χ1n) is 29.9. The number of isothiocyanates is 3. The number of rotatable bonds is 15. The Hall–Kier alpha value is -2.94. The molecule has 0 bridgehead atoms. The Balaban J connectivity index is 0.000000159. The normalized spacial score (nSPS) is 30.5. The van der Waals surface area contributed by atoms with Gasteiger partial charge in [0.1, 0.15) is 0 Å². The molecular formula is C66H93N3S3. The van der Waals surface area contributed by atoms with Crippen LogP contribution in [0.3, 0.4) is 0 Å². The van der Waals surface area contributed by atoms with Gasteiger partial charge in [-0.3, -0.25) is 0 Å². The molecule has 0 saturated heterocycles. The second-order valence-corrected chi connectivity index (χ2v) is 24.4. The smallest absolute Gasteiger partial charge is 0.0739 e. The number of thiocarbonyl (C=S) groups is 3. The zero-order valence-electron chi connectivity index (χ0n) is 45.1. The fourth-order valence-corrected chi connectivity index (χ4v) is 15.6. The number of nitrogens with zero attached hydrogens (tertiary/aromatic N) is 3. The number of hydrogen-bond donors (Lipinski definition) is 0. The Morgan fingerprint density at radius 1 is 0.333 bits per heavy atom. The number of unbranched alkanes of at least 4 members (excludes halogenated alkanes) is 1. The maximum Gasteiger partial charge on any atom is 0.0739 e. The van der Waals surface area contributed by atoms with Gasteiger partial charge in [-0.25, -0.2) is 0 Å². The Kier molecular flexibility index (Phi) is 24.6. The van der Waals surface area contributed by atoms with Gasteiger partial charge in [0.15, 0.2) is 0 Å². The average molecular weight is 1020 g/mol. The van der Waals surface area contributed by atoms with Crippen molar-refractivity contribution in [3.05, 3.63) is 89.5 Å². The van der Waals surface area contributed by atoms with E-state index >= 15 is 0 Å². The van der Waals surface area contributed by atoms with Crippen LogP contribution >= 0.6 is 36.7 Å². The summed E-state index contributed by atoms with van der Waals surface area (Å²) in [6, 6.07) is 25.9. The van der Waals surface area contributed by atoms with Crippen molar-refractivity contribution in [2.75, 3.05) is 0 Å². The zero-order valence-corrected chi connectivity index (χ0v) is 47.6. The Morgan fingerprint density at radius 3 is 0.847 bits per heavy atom. The van der Waals surface area contributed by atoms with E-state index < -0.39 is 0 Å². The van der Waals surface area contributed by atoms with Crippen molar-refractivity contribution in [1.82, 2.24) is 0 Å². The maximum atomic E-state index is 4.68. The summed E-state index contributed by atoms with van der Waals surface area (Å²) in [5.74, 6) is 11.4. The SMILES string of the molecule is CCC1CCC(C2CCC(c3ccc(N=C=S)cc3)CC2)CC1.CCCC1CCC(C2CCC(c3ccc(N=C=S)cc3)CC2)CC1.CCCCC1CCC(C2CCC(c3ccc(N=C=S)cc3)CC2)CC1. The quantitative estimate of drug-likeness (QED) is 0.112. The van der Waals surface area contributed by atoms with Gasteiger partial charge in [0.25, 0.3) is 0 Å². The highest BCUT2D eigenvalue weighted by Crippen LogP contribution is 2.48. The van der Waals surface area contributed by atoms with Crippen LogP contribution in [0.1, 0.15) is 248 Å². The lowest BCUT2D eigenvalue weighted by molar-refractivity contribution is 0.156. The van der Waals surface area contributed by atoms with E-state index in [9.17, 15) is 0 Å². The molecule has 0 spiro atoms. The second-order valence-electron chi connectivity index (χ2n) is 23.9. The Morgan fingerprint density at radius 2 is 0.597 bits per heavy atom. The molecule has 3 nitrogen and oxygen atoms in total. The molecule has 6 heteroatoms. The second kappa shape index (κ2) is 31.2. The average Bonchev–Trinajstić information content (AvgIpc) is 3.44. The van der Waals surface area contributed by atoms with E-state index in [1.807, 2.05) is 0 Å². The van der Waals surface area contributed by atoms with Crippen molar-refractivity contribution in [2.24, 2.45) is 68.2 Å². The van der Waals surface area contributed by atoms with E-state index in [4.69, 9.17) is 0 Å². The van der Waals surface area contributed by atoms with Gasteiger partial charge in [0, 0.05) is 0 Å². The molecule has 0 amide bonds. The van der Waals surface area contributed by atoms with Crippen molar-refractivity contribution in [3.8, 4) is 0 Å². The fraction of sp³-hybridized carbons (Fsp3) is 0.682. The summed E-state index contributed by atoms with van der Waals surface area (Å²) in [6.07, 6.45) is 43.4. The maximum absolute atomic E-state index is 4.68. The van der Waals surface area contributed by atoms with Gasteiger partial charge in [0.2, 0.25) is 0 Å². The van der Waals surface area contributed by atoms with Crippen LogP contribution in [-0.4, -0.2) is 15.5 Å². The predicted molar refractivity (Wildman–Crippen MR) is 319 cm³/mol. The summed E-state index contributed by atoms with van der Waals surface area (Å²) < 4.78 is 0. The minimum Gasteiger partial charge on any atom is -0.195 e. The molecule has 0 radical (unpaired) electrons. The molecule has 0 heterocycles. The first-order valence-corrected chi connectivity index (χ1v) is 31.2. The molecule has 6 fully saturated rings. The number of benzene rings is 3. The third-order valence-corrected chi connectivity index (χ3v) is 20.1. The van der Waals surface area contributed by atoms with E-state index in [0.717, 1.165) is 88.1 Å². The molecular weight excluding hydrogens is 931 g/mol. The van der Waals surface area contributed by atoms with Crippen LogP contribution in [-0.2, 0) is 0 Å². The van der Waals surface area contributed by atoms with E-state index in [-0.39, 0.29) is 0 Å². The third-order valence-electron chi connectivity index (χ3n) is 19.8. The van der Waals surface area contributed by atoms with Crippen molar-refractivity contribution in [2.45, 2.75) is 231 Å². The van der Waals surface area contributed by atoms with Gasteiger partial charge < -0.3 is 0 Å². The molecule has 72 heavy (non-hydrogen) atoms. The van der Waals surface area contributed by atoms with Crippen LogP contribution in [0.5, 0.6) is 0 Å². The molecule has 390 valence electrons. The zero-order chi connectivity index (χ0) is 50.3. The Labute approximate surface area is 455 Å². The van der Waals surface area contributed by atoms with Gasteiger partial charge >= 0.3 is 0 Å². The van der Waals surface area contributed by atoms with Gasteiger partial charge in [-0.2, -0.15) is 15.0 Å². The lowest BCUT2D eigenvalue weighted by Crippen LogP contribution is -2.25. The molecule has 0 aliphatic heterocycles. The van der Waals surface area contributed by atoms with Crippen molar-refractivity contribution >= 4 is 69.2 Å². The van der Waals surface area contributed by atoms with Crippen molar-refractivity contribution < 1.29 is 0 Å². The molecule has 3 aromatic carbocycles. The molecule has 0 aromatic heterocycles. The predicted octanol–water partition coefficient (Wildman–Crippen LogP) is 21.9. The monoisotopic (exact) mass is 1020 g/mol. The molecule has 6 aliphatic carbocycles. The van der Waals surface area contributed by atoms with Gasteiger partial charge in [0.05, 0.1) is 32.5 Å². The molecule has 6 saturated carbocycles. The number of hydrogen-bond acceptors (Lipinski definition) is 6. The first kappa shape index (κ1) is 56.8. The summed E-state index contributed by atoms with van der Waals surface area (Å²) in [5.41, 5.74) is 7.23. The van der Waals surface area contributed by atoms with Gasteiger partial charge in [-0.15, -0.1) is 0 Å². The van der Waals surface area contributed by atoms with E-state index in [0.29, 0.717) is 0 Å². The molecule has 3 aromatic rings. The lowest BCUT2D eigenvalue weighted by Gasteiger charge is -2.38. The summed E-state index contributed by atoms with van der Waals surface area (Å²) in [5, 5.41) is 7.33. The van der Waals surface area contributed by atoms with Crippen LogP contribution in [0, 0.1) is 53.3 Å². The van der Waals surface area contributed by atoms with E-state index in [2.05, 4.69) is 161 Å². The number of aliphatic imine (C=N–C) groups is 3. The van der Waals surface area contributed by atoms with Crippen LogP contribution in [0.4, 0.5) is 17.1 Å². The standard InChI is InChI=1S/C23H33NS.C22H31NS.C21H29NS/c1-2-3-4-18-5-7-19(8-6-18)20-9-11-21(12-10-20)22-13-15-23(16-14-22)24-17-25;1-2-3-17-4-6-18(7-5-17)19-8-10-20(11-9-19)21-12-14-22(15-13-21)23-16-24;1-2-16-3-5-17(6-4-16)18-7-9-19(10-8-18)20-11-13-21(14-12-20)22-15-23/h13-16,18-21H,2-12H2,1H3;12-15,17-20H,2-11H2,1H3;11-14,16-19H,2-10H2,1H3. The van der Waals surface area contributed by atoms with E-state index in [1.165, 1.54) is 209 Å². The van der Waals surface area contributed by atoms with Gasteiger partial charge in [-0.05, 0) is 276 Å². The summed E-state index contributed by atoms with van der Waals surface area (Å²) in [7, 11) is 0. The highest BCUT2D eigenvalue weighted by Gasteiger charge is 2.34. The van der Waals surface area contributed by atoms with Crippen molar-refractivity contribution in [3.63, 3.8) is 0 Å². The van der Waals surface area contributed by atoms with Crippen molar-refractivity contribution in [1.29, 1.82) is 0 Å². The Bertz CT molecular complexity index is 2120. The highest BCUT2D eigenvalue weighted by molar-refractivity contribution is 7.78.